The molecule has 0 fully saturated rings. The van der Waals surface area contributed by atoms with E-state index in [1.807, 2.05) is 0 Å². The van der Waals surface area contributed by atoms with Gasteiger partial charge in [0, 0.05) is 37.0 Å². The number of carbonyl (C=O) groups is 4. The Balaban J connectivity index is -0.0000000114. The minimum Gasteiger partial charge on any atom is -1.00 e. The smallest absolute Gasteiger partial charge is 1.00 e. The average molecular weight is 572 g/mol. The number of nitrogens with two attached hydrogens (primary N) is 2. The topological polar surface area (TPSA) is 213 Å². The van der Waals surface area contributed by atoms with Gasteiger partial charge >= 0.3 is 257 Å². The van der Waals surface area contributed by atoms with Crippen LogP contribution in [0.2, 0.25) is 0 Å². The van der Waals surface area contributed by atoms with Gasteiger partial charge in [-0.1, -0.05) is 0 Å². The van der Waals surface area contributed by atoms with Crippen molar-refractivity contribution < 1.29 is 314 Å². The summed E-state index contributed by atoms with van der Waals surface area (Å²) in [5, 5.41) is 35.6. The first kappa shape index (κ1) is 69.8. The van der Waals surface area contributed by atoms with Crippen LogP contribution in [-0.2, 0) is 19.2 Å². The number of carboxylic acid groups (broad SMARTS) is 4. The zero-order valence-corrected chi connectivity index (χ0v) is 34.4. The van der Waals surface area contributed by atoms with Crippen molar-refractivity contribution in [1.29, 1.82) is 0 Å². The molecule has 0 aromatic carbocycles. The maximum atomic E-state index is 8.89. The molecule has 0 aliphatic rings. The molecule has 0 unspecified atom stereocenters. The summed E-state index contributed by atoms with van der Waals surface area (Å²) in [4.78, 5) is 35.6. The van der Waals surface area contributed by atoms with Gasteiger partial charge in [-0.15, -0.1) is 0 Å². The van der Waals surface area contributed by atoms with Crippen LogP contribution in [0.15, 0.2) is 0 Å². The van der Waals surface area contributed by atoms with Crippen LogP contribution in [0.25, 0.3) is 0 Å². The molecule has 0 aliphatic heterocycles. The third-order valence-electron chi connectivity index (χ3n) is 0.167. The van der Waals surface area contributed by atoms with Gasteiger partial charge in [0.15, 0.2) is 0 Å². The molecule has 0 bridgehead atoms. The Kier molecular flexibility index (Phi) is 187. The van der Waals surface area contributed by atoms with Gasteiger partial charge in [0.05, 0.1) is 0 Å². The molecule has 16 heteroatoms. The van der Waals surface area contributed by atoms with Gasteiger partial charge in [-0.3, -0.25) is 0 Å². The SMILES string of the molecule is CC(=O)[O-].CC(=O)[O-].CC(=O)[O-].CC(=O)[O-].NCCN.[Br-].[K+].[K+].[K+].[K+].[K+]. The van der Waals surface area contributed by atoms with Gasteiger partial charge < -0.3 is 68.1 Å². The number of hydrogen-bond donors (Lipinski definition) is 2. The largest absolute Gasteiger partial charge is 1.00 e. The van der Waals surface area contributed by atoms with Crippen LogP contribution >= 0.6 is 0 Å². The molecule has 0 aromatic heterocycles. The molecule has 10 nitrogen and oxygen atoms in total. The molecular weight excluding hydrogens is 552 g/mol. The maximum Gasteiger partial charge on any atom is 1.00 e. The molecule has 4 N–H and O–H groups in total. The molecule has 0 spiro atoms. The number of hydrogen-bond acceptors (Lipinski definition) is 10. The van der Waals surface area contributed by atoms with E-state index in [9.17, 15) is 0 Å². The predicted molar refractivity (Wildman–Crippen MR) is 60.8 cm³/mol. The summed E-state index contributed by atoms with van der Waals surface area (Å²) >= 11 is 0. The van der Waals surface area contributed by atoms with E-state index in [0.29, 0.717) is 13.1 Å². The minimum atomic E-state index is -1.08. The fourth-order valence-corrected chi connectivity index (χ4v) is 0. The summed E-state index contributed by atoms with van der Waals surface area (Å²) in [7, 11) is 0. The first-order valence-corrected chi connectivity index (χ1v) is 4.95. The molecule has 0 heterocycles. The zero-order chi connectivity index (χ0) is 17.7. The second-order valence-corrected chi connectivity index (χ2v) is 2.54. The Labute approximate surface area is 378 Å². The second kappa shape index (κ2) is 69.7. The van der Waals surface area contributed by atoms with E-state index in [0.717, 1.165) is 27.7 Å². The van der Waals surface area contributed by atoms with E-state index in [4.69, 9.17) is 51.1 Å². The van der Waals surface area contributed by atoms with Gasteiger partial charge in [-0.2, -0.15) is 0 Å². The Morgan fingerprint density at radius 2 is 0.577 bits per heavy atom. The first-order chi connectivity index (χ1) is 8.84. The summed E-state index contributed by atoms with van der Waals surface area (Å²) < 4.78 is 0. The summed E-state index contributed by atoms with van der Waals surface area (Å²) in [5.41, 5.74) is 9.81. The van der Waals surface area contributed by atoms with Crippen molar-refractivity contribution in [3.05, 3.63) is 0 Å². The summed E-state index contributed by atoms with van der Waals surface area (Å²) in [6, 6.07) is 0. The summed E-state index contributed by atoms with van der Waals surface area (Å²) in [6.07, 6.45) is 0. The first-order valence-electron chi connectivity index (χ1n) is 4.95. The fraction of sp³-hybridized carbons (Fsp3) is 0.600. The van der Waals surface area contributed by atoms with Gasteiger partial charge in [0.25, 0.3) is 0 Å². The Hall–Kier alpha value is 6.46. The van der Waals surface area contributed by atoms with Crippen LogP contribution in [0, 0.1) is 0 Å². The van der Waals surface area contributed by atoms with Gasteiger partial charge in [0.2, 0.25) is 0 Å². The van der Waals surface area contributed by atoms with Crippen molar-refractivity contribution in [3.8, 4) is 0 Å². The van der Waals surface area contributed by atoms with Crippen LogP contribution in [0.4, 0.5) is 0 Å². The number of carboxylic acids is 4. The van der Waals surface area contributed by atoms with E-state index in [1.54, 1.807) is 0 Å². The van der Waals surface area contributed by atoms with Crippen LogP contribution in [0.3, 0.4) is 0 Å². The van der Waals surface area contributed by atoms with Crippen LogP contribution in [-0.4, -0.2) is 37.0 Å². The standard InChI is InChI=1S/C2H8N2.4C2H4O2.BrH.5K/c3-1-2-4;4*1-2(3)4;;;;;;/h1-4H2;4*1H3,(H,3,4);1H;;;;;/q;;;;;;5*+1/p-5. The third-order valence-corrected chi connectivity index (χ3v) is 0.167. The van der Waals surface area contributed by atoms with Crippen LogP contribution in [0.5, 0.6) is 0 Å². The van der Waals surface area contributed by atoms with Crippen molar-refractivity contribution in [2.24, 2.45) is 11.5 Å². The third kappa shape index (κ3) is 475. The molecule has 0 amide bonds. The average Bonchev–Trinajstić information content (AvgIpc) is 2.13. The van der Waals surface area contributed by atoms with E-state index >= 15 is 0 Å². The van der Waals surface area contributed by atoms with Crippen molar-refractivity contribution in [2.45, 2.75) is 27.7 Å². The second-order valence-electron chi connectivity index (χ2n) is 2.54. The molecule has 0 saturated carbocycles. The Bertz CT molecular complexity index is 214. The molecule has 130 valence electrons. The van der Waals surface area contributed by atoms with Crippen molar-refractivity contribution in [2.75, 3.05) is 13.1 Å². The van der Waals surface area contributed by atoms with Gasteiger partial charge in [0.1, 0.15) is 0 Å². The molecule has 0 radical (unpaired) electrons. The van der Waals surface area contributed by atoms with E-state index in [1.165, 1.54) is 0 Å². The molecule has 26 heavy (non-hydrogen) atoms. The van der Waals surface area contributed by atoms with Crippen molar-refractivity contribution in [3.63, 3.8) is 0 Å². The van der Waals surface area contributed by atoms with E-state index < -0.39 is 23.9 Å². The molecule has 0 aliphatic carbocycles. The monoisotopic (exact) mass is 570 g/mol. The quantitative estimate of drug-likeness (QED) is 0.284. The van der Waals surface area contributed by atoms with Crippen LogP contribution in [0.1, 0.15) is 27.7 Å². The summed E-state index contributed by atoms with van der Waals surface area (Å²) in [5.74, 6) is -4.33. The van der Waals surface area contributed by atoms with Gasteiger partial charge in [-0.25, -0.2) is 0 Å². The normalized spacial score (nSPS) is 5.00. The van der Waals surface area contributed by atoms with Crippen molar-refractivity contribution in [1.82, 2.24) is 0 Å². The Morgan fingerprint density at radius 3 is 0.577 bits per heavy atom. The maximum absolute atomic E-state index is 8.89. The molecule has 0 rings (SSSR count). The fourth-order valence-electron chi connectivity index (χ4n) is 0. The molecule has 0 aromatic rings. The Morgan fingerprint density at radius 1 is 0.538 bits per heavy atom. The number of aliphatic carboxylic acids is 4. The molecular formula is C10H20BrK5N2O8. The zero-order valence-electron chi connectivity index (χ0n) is 17.2. The van der Waals surface area contributed by atoms with E-state index in [2.05, 4.69) is 0 Å². The van der Waals surface area contributed by atoms with Crippen molar-refractivity contribution >= 4 is 23.9 Å². The van der Waals surface area contributed by atoms with Crippen LogP contribution < -0.4 is 306 Å². The summed E-state index contributed by atoms with van der Waals surface area (Å²) in [6.45, 7) is 5.08. The number of halogens is 1. The van der Waals surface area contributed by atoms with Gasteiger partial charge in [-0.05, 0) is 27.7 Å². The predicted octanol–water partition coefficient (Wildman–Crippen LogP) is -24.0. The minimum absolute atomic E-state index is 0. The molecule has 0 atom stereocenters. The number of carbonyl (C=O) groups excluding carboxylic acids is 4. The number of rotatable bonds is 1. The van der Waals surface area contributed by atoms with E-state index in [-0.39, 0.29) is 274 Å². The molecule has 0 saturated heterocycles.